The summed E-state index contributed by atoms with van der Waals surface area (Å²) < 4.78 is 25.0. The summed E-state index contributed by atoms with van der Waals surface area (Å²) in [7, 11) is 0. The third kappa shape index (κ3) is 4.31. The van der Waals surface area contributed by atoms with Crippen molar-refractivity contribution in [1.29, 1.82) is 5.26 Å². The van der Waals surface area contributed by atoms with E-state index in [2.05, 4.69) is 18.8 Å². The fraction of sp³-hybridized carbons (Fsp3) is 0.500. The Balaban J connectivity index is 2.01. The standard InChI is InChI=1S/C18H20FNO2/c1-12(6-18-21-10-13(2)11-22-18)4-5-15-7-14(3)16(9-20)8-17(15)19/h7-8,12-13,18H,6,10-11H2,1-3H3. The van der Waals surface area contributed by atoms with E-state index in [0.29, 0.717) is 36.7 Å². The Bertz CT molecular complexity index is 631. The average molecular weight is 301 g/mol. The van der Waals surface area contributed by atoms with Crippen LogP contribution in [-0.4, -0.2) is 19.5 Å². The number of halogens is 1. The number of nitrogens with zero attached hydrogens (tertiary/aromatic N) is 1. The number of hydrogen-bond acceptors (Lipinski definition) is 3. The van der Waals surface area contributed by atoms with Crippen molar-refractivity contribution in [3.63, 3.8) is 0 Å². The molecule has 0 aromatic heterocycles. The van der Waals surface area contributed by atoms with Gasteiger partial charge in [-0.15, -0.1) is 0 Å². The van der Waals surface area contributed by atoms with E-state index in [1.165, 1.54) is 6.07 Å². The molecule has 0 N–H and O–H groups in total. The Morgan fingerprint density at radius 1 is 1.32 bits per heavy atom. The molecule has 0 radical (unpaired) electrons. The van der Waals surface area contributed by atoms with Crippen molar-refractivity contribution in [2.75, 3.05) is 13.2 Å². The molecule has 0 saturated carbocycles. The molecule has 0 aliphatic carbocycles. The summed E-state index contributed by atoms with van der Waals surface area (Å²) in [6.07, 6.45) is 0.435. The highest BCUT2D eigenvalue weighted by molar-refractivity contribution is 5.46. The second-order valence-corrected chi connectivity index (χ2v) is 5.87. The van der Waals surface area contributed by atoms with Gasteiger partial charge in [0.1, 0.15) is 5.82 Å². The molecule has 1 saturated heterocycles. The van der Waals surface area contributed by atoms with Crippen LogP contribution in [0.3, 0.4) is 0 Å². The van der Waals surface area contributed by atoms with Crippen LogP contribution in [-0.2, 0) is 9.47 Å². The maximum absolute atomic E-state index is 13.9. The second kappa shape index (κ2) is 7.40. The number of hydrogen-bond donors (Lipinski definition) is 0. The first kappa shape index (κ1) is 16.5. The lowest BCUT2D eigenvalue weighted by Gasteiger charge is -2.28. The molecule has 1 unspecified atom stereocenters. The van der Waals surface area contributed by atoms with E-state index in [0.717, 1.165) is 5.56 Å². The zero-order valence-electron chi connectivity index (χ0n) is 13.1. The molecule has 1 aliphatic heterocycles. The van der Waals surface area contributed by atoms with E-state index in [-0.39, 0.29) is 12.2 Å². The molecule has 116 valence electrons. The van der Waals surface area contributed by atoms with Gasteiger partial charge in [0.15, 0.2) is 6.29 Å². The van der Waals surface area contributed by atoms with Crippen LogP contribution in [0.5, 0.6) is 0 Å². The Kier molecular flexibility index (Phi) is 5.55. The summed E-state index contributed by atoms with van der Waals surface area (Å²) in [5, 5.41) is 8.87. The minimum Gasteiger partial charge on any atom is -0.352 e. The van der Waals surface area contributed by atoms with E-state index >= 15 is 0 Å². The number of benzene rings is 1. The quantitative estimate of drug-likeness (QED) is 0.786. The normalized spacial score (nSPS) is 22.3. The highest BCUT2D eigenvalue weighted by Gasteiger charge is 2.20. The van der Waals surface area contributed by atoms with Gasteiger partial charge in [-0.2, -0.15) is 5.26 Å². The molecule has 1 aromatic carbocycles. The Labute approximate surface area is 131 Å². The zero-order chi connectivity index (χ0) is 16.1. The predicted molar refractivity (Wildman–Crippen MR) is 81.4 cm³/mol. The molecule has 22 heavy (non-hydrogen) atoms. The second-order valence-electron chi connectivity index (χ2n) is 5.87. The predicted octanol–water partition coefficient (Wildman–Crippen LogP) is 3.39. The van der Waals surface area contributed by atoms with Gasteiger partial charge in [0, 0.05) is 18.3 Å². The highest BCUT2D eigenvalue weighted by Crippen LogP contribution is 2.18. The van der Waals surface area contributed by atoms with Crippen LogP contribution in [0.2, 0.25) is 0 Å². The van der Waals surface area contributed by atoms with Crippen LogP contribution in [0, 0.1) is 47.7 Å². The summed E-state index contributed by atoms with van der Waals surface area (Å²) >= 11 is 0. The summed E-state index contributed by atoms with van der Waals surface area (Å²) in [6, 6.07) is 4.81. The number of rotatable bonds is 2. The minimum absolute atomic E-state index is 0.0359. The third-order valence-electron chi connectivity index (χ3n) is 3.57. The lowest BCUT2D eigenvalue weighted by molar-refractivity contribution is -0.202. The van der Waals surface area contributed by atoms with Crippen LogP contribution >= 0.6 is 0 Å². The van der Waals surface area contributed by atoms with Crippen molar-refractivity contribution in [3.05, 3.63) is 34.6 Å². The molecule has 1 heterocycles. The summed E-state index contributed by atoms with van der Waals surface area (Å²) in [6.45, 7) is 7.22. The smallest absolute Gasteiger partial charge is 0.158 e. The Morgan fingerprint density at radius 3 is 2.64 bits per heavy atom. The molecule has 4 heteroatoms. The molecule has 0 amide bonds. The number of nitriles is 1. The van der Waals surface area contributed by atoms with Crippen LogP contribution < -0.4 is 0 Å². The van der Waals surface area contributed by atoms with E-state index in [1.807, 2.05) is 13.0 Å². The topological polar surface area (TPSA) is 42.2 Å². The summed E-state index contributed by atoms with van der Waals surface area (Å²) in [5.41, 5.74) is 1.39. The maximum Gasteiger partial charge on any atom is 0.158 e. The van der Waals surface area contributed by atoms with Gasteiger partial charge >= 0.3 is 0 Å². The SMILES string of the molecule is Cc1cc(C#CC(C)CC2OCC(C)CO2)c(F)cc1C#N. The molecule has 1 fully saturated rings. The van der Waals surface area contributed by atoms with Crippen molar-refractivity contribution in [2.45, 2.75) is 33.5 Å². The third-order valence-corrected chi connectivity index (χ3v) is 3.57. The molecule has 0 bridgehead atoms. The molecular weight excluding hydrogens is 281 g/mol. The van der Waals surface area contributed by atoms with Crippen molar-refractivity contribution in [1.82, 2.24) is 0 Å². The summed E-state index contributed by atoms with van der Waals surface area (Å²) in [5.74, 6) is 5.89. The van der Waals surface area contributed by atoms with Gasteiger partial charge in [-0.25, -0.2) is 4.39 Å². The van der Waals surface area contributed by atoms with E-state index in [4.69, 9.17) is 14.7 Å². The molecule has 1 atom stereocenters. The molecular formula is C18H20FNO2. The molecule has 3 nitrogen and oxygen atoms in total. The Morgan fingerprint density at radius 2 is 2.00 bits per heavy atom. The van der Waals surface area contributed by atoms with Gasteiger partial charge in [0.25, 0.3) is 0 Å². The number of ether oxygens (including phenoxy) is 2. The van der Waals surface area contributed by atoms with Gasteiger partial charge in [-0.3, -0.25) is 0 Å². The summed E-state index contributed by atoms with van der Waals surface area (Å²) in [4.78, 5) is 0. The van der Waals surface area contributed by atoms with E-state index in [1.54, 1.807) is 13.0 Å². The highest BCUT2D eigenvalue weighted by atomic mass is 19.1. The lowest BCUT2D eigenvalue weighted by atomic mass is 10.0. The van der Waals surface area contributed by atoms with Gasteiger partial charge in [0.05, 0.1) is 30.4 Å². The van der Waals surface area contributed by atoms with Gasteiger partial charge < -0.3 is 9.47 Å². The van der Waals surface area contributed by atoms with Gasteiger partial charge in [-0.05, 0) is 24.6 Å². The minimum atomic E-state index is -0.458. The molecule has 2 rings (SSSR count). The molecule has 1 aromatic rings. The first-order valence-electron chi connectivity index (χ1n) is 7.44. The van der Waals surface area contributed by atoms with Crippen molar-refractivity contribution >= 4 is 0 Å². The van der Waals surface area contributed by atoms with Crippen LogP contribution in [0.4, 0.5) is 4.39 Å². The number of aryl methyl sites for hydroxylation is 1. The van der Waals surface area contributed by atoms with Crippen molar-refractivity contribution < 1.29 is 13.9 Å². The fourth-order valence-corrected chi connectivity index (χ4v) is 2.22. The van der Waals surface area contributed by atoms with E-state index < -0.39 is 5.82 Å². The van der Waals surface area contributed by atoms with Gasteiger partial charge in [0.2, 0.25) is 0 Å². The largest absolute Gasteiger partial charge is 0.352 e. The van der Waals surface area contributed by atoms with Gasteiger partial charge in [-0.1, -0.05) is 25.7 Å². The van der Waals surface area contributed by atoms with Crippen LogP contribution in [0.1, 0.15) is 37.0 Å². The van der Waals surface area contributed by atoms with Crippen LogP contribution in [0.15, 0.2) is 12.1 Å². The molecule has 0 spiro atoms. The zero-order valence-corrected chi connectivity index (χ0v) is 13.1. The van der Waals surface area contributed by atoms with Crippen molar-refractivity contribution in [3.8, 4) is 17.9 Å². The van der Waals surface area contributed by atoms with E-state index in [9.17, 15) is 4.39 Å². The fourth-order valence-electron chi connectivity index (χ4n) is 2.22. The van der Waals surface area contributed by atoms with Crippen LogP contribution in [0.25, 0.3) is 0 Å². The lowest BCUT2D eigenvalue weighted by Crippen LogP contribution is -2.31. The first-order chi connectivity index (χ1) is 10.5. The average Bonchev–Trinajstić information content (AvgIpc) is 2.50. The maximum atomic E-state index is 13.9. The van der Waals surface area contributed by atoms with Crippen molar-refractivity contribution in [2.24, 2.45) is 11.8 Å². The Hall–Kier alpha value is -1.88. The first-order valence-corrected chi connectivity index (χ1v) is 7.44. The monoisotopic (exact) mass is 301 g/mol. The molecule has 1 aliphatic rings.